The molecule has 2 aromatic carbocycles. The van der Waals surface area contributed by atoms with Crippen LogP contribution in [0.4, 0.5) is 0 Å². The van der Waals surface area contributed by atoms with Crippen molar-refractivity contribution in [1.82, 2.24) is 10.3 Å². The van der Waals surface area contributed by atoms with Crippen molar-refractivity contribution in [3.05, 3.63) is 65.2 Å². The Bertz CT molecular complexity index is 920. The monoisotopic (exact) mass is 424 g/mol. The zero-order chi connectivity index (χ0) is 21.2. The van der Waals surface area contributed by atoms with Gasteiger partial charge in [-0.1, -0.05) is 17.7 Å². The molecule has 0 aliphatic carbocycles. The molecule has 0 radical (unpaired) electrons. The third kappa shape index (κ3) is 6.88. The predicted octanol–water partition coefficient (Wildman–Crippen LogP) is 5.04. The van der Waals surface area contributed by atoms with E-state index in [9.17, 15) is 4.79 Å². The zero-order valence-electron chi connectivity index (χ0n) is 17.5. The molecule has 0 saturated heterocycles. The molecule has 5 nitrogen and oxygen atoms in total. The minimum Gasteiger partial charge on any atom is -0.494 e. The Labute approximate surface area is 182 Å². The quantitative estimate of drug-likeness (QED) is 0.438. The number of unbranched alkanes of at least 4 members (excludes halogenated alkanes) is 1. The van der Waals surface area contributed by atoms with Gasteiger partial charge in [0.2, 0.25) is 5.91 Å². The molecule has 1 N–H and O–H groups in total. The smallest absolute Gasteiger partial charge is 0.226 e. The van der Waals surface area contributed by atoms with E-state index in [1.165, 1.54) is 5.56 Å². The number of aromatic nitrogens is 1. The number of carbonyl (C=O) groups excluding carboxylic acids is 1. The first-order valence-electron chi connectivity index (χ1n) is 10.3. The van der Waals surface area contributed by atoms with Crippen molar-refractivity contribution in [2.24, 2.45) is 0 Å². The summed E-state index contributed by atoms with van der Waals surface area (Å²) in [5.74, 6) is 1.73. The Hall–Kier alpha value is -2.86. The van der Waals surface area contributed by atoms with Crippen LogP contribution in [0.2, 0.25) is 0 Å². The number of hydrogen-bond acceptors (Lipinski definition) is 5. The van der Waals surface area contributed by atoms with Gasteiger partial charge in [0.15, 0.2) is 0 Å². The lowest BCUT2D eigenvalue weighted by molar-refractivity contribution is -0.120. The van der Waals surface area contributed by atoms with E-state index >= 15 is 0 Å². The lowest BCUT2D eigenvalue weighted by Crippen LogP contribution is -2.26. The fourth-order valence-electron chi connectivity index (χ4n) is 2.89. The minimum absolute atomic E-state index is 0.00185. The number of ether oxygens (including phenoxy) is 2. The Kier molecular flexibility index (Phi) is 8.27. The number of carbonyl (C=O) groups is 1. The molecule has 158 valence electrons. The summed E-state index contributed by atoms with van der Waals surface area (Å²) in [6.45, 7) is 5.96. The molecule has 0 fully saturated rings. The van der Waals surface area contributed by atoms with Gasteiger partial charge < -0.3 is 14.8 Å². The lowest BCUT2D eigenvalue weighted by Gasteiger charge is -2.07. The summed E-state index contributed by atoms with van der Waals surface area (Å²) in [5, 5.41) is 5.82. The molecule has 0 aliphatic heterocycles. The molecule has 1 heterocycles. The van der Waals surface area contributed by atoms with Crippen LogP contribution in [-0.2, 0) is 11.2 Å². The van der Waals surface area contributed by atoms with Gasteiger partial charge >= 0.3 is 0 Å². The number of thiazole rings is 1. The maximum atomic E-state index is 12.2. The number of aryl methyl sites for hydroxylation is 1. The fourth-order valence-corrected chi connectivity index (χ4v) is 3.71. The highest BCUT2D eigenvalue weighted by atomic mass is 32.1. The van der Waals surface area contributed by atoms with E-state index in [0.717, 1.165) is 40.6 Å². The van der Waals surface area contributed by atoms with E-state index in [1.54, 1.807) is 11.3 Å². The standard InChI is InChI=1S/C24H28N2O3S/c1-3-28-21-12-8-19(9-13-21)24-26-20(17-30-24)16-23(27)25-14-4-5-15-29-22-10-6-18(2)7-11-22/h6-13,17H,3-5,14-16H2,1-2H3,(H,25,27). The van der Waals surface area contributed by atoms with Crippen molar-refractivity contribution in [1.29, 1.82) is 0 Å². The molecule has 1 amide bonds. The normalized spacial score (nSPS) is 10.6. The van der Waals surface area contributed by atoms with Crippen molar-refractivity contribution < 1.29 is 14.3 Å². The molecule has 6 heteroatoms. The van der Waals surface area contributed by atoms with E-state index in [1.807, 2.05) is 60.8 Å². The van der Waals surface area contributed by atoms with Crippen molar-refractivity contribution in [3.63, 3.8) is 0 Å². The fraction of sp³-hybridized carbons (Fsp3) is 0.333. The first-order valence-corrected chi connectivity index (χ1v) is 11.2. The van der Waals surface area contributed by atoms with Gasteiger partial charge in [-0.25, -0.2) is 4.98 Å². The number of hydrogen-bond donors (Lipinski definition) is 1. The number of benzene rings is 2. The van der Waals surface area contributed by atoms with Crippen molar-refractivity contribution in [2.75, 3.05) is 19.8 Å². The van der Waals surface area contributed by atoms with Crippen molar-refractivity contribution in [3.8, 4) is 22.1 Å². The summed E-state index contributed by atoms with van der Waals surface area (Å²) in [6.07, 6.45) is 2.08. The van der Waals surface area contributed by atoms with E-state index in [0.29, 0.717) is 26.2 Å². The molecular weight excluding hydrogens is 396 g/mol. The summed E-state index contributed by atoms with van der Waals surface area (Å²) < 4.78 is 11.2. The van der Waals surface area contributed by atoms with Crippen LogP contribution in [0.25, 0.3) is 10.6 Å². The number of nitrogens with one attached hydrogen (secondary N) is 1. The van der Waals surface area contributed by atoms with Crippen LogP contribution < -0.4 is 14.8 Å². The largest absolute Gasteiger partial charge is 0.494 e. The zero-order valence-corrected chi connectivity index (χ0v) is 18.3. The Morgan fingerprint density at radius 1 is 1.00 bits per heavy atom. The summed E-state index contributed by atoms with van der Waals surface area (Å²) in [4.78, 5) is 16.8. The van der Waals surface area contributed by atoms with E-state index in [4.69, 9.17) is 9.47 Å². The van der Waals surface area contributed by atoms with Gasteiger partial charge in [0.1, 0.15) is 16.5 Å². The molecular formula is C24H28N2O3S. The predicted molar refractivity (Wildman–Crippen MR) is 121 cm³/mol. The van der Waals surface area contributed by atoms with Crippen LogP contribution in [0.1, 0.15) is 31.0 Å². The van der Waals surface area contributed by atoms with Crippen molar-refractivity contribution in [2.45, 2.75) is 33.1 Å². The second kappa shape index (κ2) is 11.4. The van der Waals surface area contributed by atoms with Crippen LogP contribution in [0, 0.1) is 6.92 Å². The van der Waals surface area contributed by atoms with Crippen molar-refractivity contribution >= 4 is 17.2 Å². The first-order chi connectivity index (χ1) is 14.6. The van der Waals surface area contributed by atoms with Crippen LogP contribution in [0.5, 0.6) is 11.5 Å². The molecule has 3 aromatic rings. The summed E-state index contributed by atoms with van der Waals surface area (Å²) in [5.41, 5.74) is 3.05. The lowest BCUT2D eigenvalue weighted by atomic mass is 10.2. The second-order valence-electron chi connectivity index (χ2n) is 7.00. The summed E-state index contributed by atoms with van der Waals surface area (Å²) in [7, 11) is 0. The van der Waals surface area contributed by atoms with Gasteiger partial charge in [0.05, 0.1) is 25.3 Å². The number of nitrogens with zero attached hydrogens (tertiary/aromatic N) is 1. The van der Waals surface area contributed by atoms with E-state index in [2.05, 4.69) is 17.2 Å². The molecule has 1 aromatic heterocycles. The van der Waals surface area contributed by atoms with Gasteiger partial charge in [0.25, 0.3) is 0 Å². The summed E-state index contributed by atoms with van der Waals surface area (Å²) in [6, 6.07) is 15.9. The van der Waals surface area contributed by atoms with Gasteiger partial charge in [-0.05, 0) is 63.1 Å². The molecule has 0 bridgehead atoms. The number of amides is 1. The topological polar surface area (TPSA) is 60.5 Å². The Balaban J connectivity index is 1.34. The second-order valence-corrected chi connectivity index (χ2v) is 7.85. The van der Waals surface area contributed by atoms with E-state index < -0.39 is 0 Å². The average molecular weight is 425 g/mol. The third-order valence-corrected chi connectivity index (χ3v) is 5.43. The van der Waals surface area contributed by atoms with Crippen LogP contribution in [0.15, 0.2) is 53.9 Å². The highest BCUT2D eigenvalue weighted by Gasteiger charge is 2.09. The maximum Gasteiger partial charge on any atom is 0.226 e. The molecule has 0 spiro atoms. The van der Waals surface area contributed by atoms with Crippen LogP contribution in [0.3, 0.4) is 0 Å². The van der Waals surface area contributed by atoms with Gasteiger partial charge in [-0.15, -0.1) is 11.3 Å². The first kappa shape index (κ1) is 21.8. The van der Waals surface area contributed by atoms with E-state index in [-0.39, 0.29) is 5.91 Å². The van der Waals surface area contributed by atoms with Gasteiger partial charge in [-0.3, -0.25) is 4.79 Å². The average Bonchev–Trinajstić information content (AvgIpc) is 3.21. The molecule has 0 unspecified atom stereocenters. The third-order valence-electron chi connectivity index (χ3n) is 4.49. The SMILES string of the molecule is CCOc1ccc(-c2nc(CC(=O)NCCCCOc3ccc(C)cc3)cs2)cc1. The highest BCUT2D eigenvalue weighted by molar-refractivity contribution is 7.13. The van der Waals surface area contributed by atoms with Gasteiger partial charge in [-0.2, -0.15) is 0 Å². The molecule has 0 saturated carbocycles. The van der Waals surface area contributed by atoms with Crippen LogP contribution in [-0.4, -0.2) is 30.6 Å². The van der Waals surface area contributed by atoms with Crippen LogP contribution >= 0.6 is 11.3 Å². The maximum absolute atomic E-state index is 12.2. The number of rotatable bonds is 11. The summed E-state index contributed by atoms with van der Waals surface area (Å²) >= 11 is 1.55. The molecule has 3 rings (SSSR count). The highest BCUT2D eigenvalue weighted by Crippen LogP contribution is 2.26. The molecule has 30 heavy (non-hydrogen) atoms. The Morgan fingerprint density at radius 3 is 2.43 bits per heavy atom. The minimum atomic E-state index is -0.00185. The Morgan fingerprint density at radius 2 is 1.70 bits per heavy atom. The van der Waals surface area contributed by atoms with Gasteiger partial charge in [0, 0.05) is 17.5 Å². The molecule has 0 aliphatic rings. The molecule has 0 atom stereocenters.